The van der Waals surface area contributed by atoms with Gasteiger partial charge in [0.05, 0.1) is 12.2 Å². The third-order valence-corrected chi connectivity index (χ3v) is 6.10. The van der Waals surface area contributed by atoms with Crippen LogP contribution >= 0.6 is 0 Å². The Balaban J connectivity index is 1.92. The van der Waals surface area contributed by atoms with Crippen molar-refractivity contribution >= 4 is 10.4 Å². The normalized spacial score (nSPS) is 24.5. The van der Waals surface area contributed by atoms with Crippen molar-refractivity contribution in [3.8, 4) is 0 Å². The molecule has 0 radical (unpaired) electrons. The van der Waals surface area contributed by atoms with E-state index < -0.39 is 10.4 Å². The van der Waals surface area contributed by atoms with Gasteiger partial charge in [-0.2, -0.15) is 8.42 Å². The van der Waals surface area contributed by atoms with Gasteiger partial charge in [0, 0.05) is 0 Å². The van der Waals surface area contributed by atoms with Crippen LogP contribution in [0.15, 0.2) is 0 Å². The van der Waals surface area contributed by atoms with Crippen molar-refractivity contribution in [2.45, 2.75) is 90.3 Å². The zero-order valence-corrected chi connectivity index (χ0v) is 14.2. The van der Waals surface area contributed by atoms with Gasteiger partial charge in [-0.25, -0.2) is 8.37 Å². The first-order valence-corrected chi connectivity index (χ1v) is 10.0. The Kier molecular flexibility index (Phi) is 6.51. The van der Waals surface area contributed by atoms with Crippen LogP contribution in [0.25, 0.3) is 0 Å². The fourth-order valence-corrected chi connectivity index (χ4v) is 5.18. The van der Waals surface area contributed by atoms with Crippen molar-refractivity contribution in [2.24, 2.45) is 11.8 Å². The molecule has 2 unspecified atom stereocenters. The highest BCUT2D eigenvalue weighted by Gasteiger charge is 2.33. The summed E-state index contributed by atoms with van der Waals surface area (Å²) in [5.74, 6) is 0.750. The predicted molar refractivity (Wildman–Crippen MR) is 83.2 cm³/mol. The van der Waals surface area contributed by atoms with E-state index in [2.05, 4.69) is 0 Å². The van der Waals surface area contributed by atoms with E-state index in [0.29, 0.717) is 11.8 Å². The van der Waals surface area contributed by atoms with E-state index in [9.17, 15) is 8.42 Å². The van der Waals surface area contributed by atoms with Gasteiger partial charge in [0.1, 0.15) is 0 Å². The summed E-state index contributed by atoms with van der Waals surface area (Å²) < 4.78 is 35.3. The lowest BCUT2D eigenvalue weighted by Crippen LogP contribution is -2.31. The van der Waals surface area contributed by atoms with Gasteiger partial charge in [-0.15, -0.1) is 0 Å². The minimum atomic E-state index is -3.88. The Morgan fingerprint density at radius 3 is 1.43 bits per heavy atom. The van der Waals surface area contributed by atoms with Gasteiger partial charge in [-0.05, 0) is 50.4 Å². The molecule has 0 heterocycles. The molecule has 0 spiro atoms. The van der Waals surface area contributed by atoms with Gasteiger partial charge in [0.2, 0.25) is 0 Å². The molecule has 0 aromatic rings. The van der Waals surface area contributed by atoms with Crippen molar-refractivity contribution in [2.75, 3.05) is 0 Å². The summed E-state index contributed by atoms with van der Waals surface area (Å²) in [7, 11) is -3.88. The van der Waals surface area contributed by atoms with Crippen LogP contribution in [0.3, 0.4) is 0 Å². The highest BCUT2D eigenvalue weighted by molar-refractivity contribution is 7.81. The maximum atomic E-state index is 12.2. The van der Waals surface area contributed by atoms with Crippen LogP contribution in [-0.4, -0.2) is 20.6 Å². The van der Waals surface area contributed by atoms with Gasteiger partial charge in [0.15, 0.2) is 0 Å². The maximum Gasteiger partial charge on any atom is 0.400 e. The SMILES string of the molecule is CCC(OS(=O)(=O)OC(CC)C1CCCC1)C1CCCC1. The lowest BCUT2D eigenvalue weighted by atomic mass is 9.99. The number of hydrogen-bond acceptors (Lipinski definition) is 4. The Hall–Kier alpha value is -0.130. The van der Waals surface area contributed by atoms with Gasteiger partial charge >= 0.3 is 10.4 Å². The lowest BCUT2D eigenvalue weighted by Gasteiger charge is -2.25. The standard InChI is InChI=1S/C16H30O4S/c1-3-15(13-9-5-6-10-13)19-21(17,18)20-16(4-2)14-11-7-8-12-14/h13-16H,3-12H2,1-2H3. The van der Waals surface area contributed by atoms with Gasteiger partial charge in [-0.3, -0.25) is 0 Å². The number of hydrogen-bond donors (Lipinski definition) is 0. The molecular weight excluding hydrogens is 288 g/mol. The Morgan fingerprint density at radius 1 is 0.810 bits per heavy atom. The molecule has 0 saturated heterocycles. The lowest BCUT2D eigenvalue weighted by molar-refractivity contribution is 0.0683. The minimum Gasteiger partial charge on any atom is -0.245 e. The average molecular weight is 318 g/mol. The molecule has 124 valence electrons. The van der Waals surface area contributed by atoms with Gasteiger partial charge in [-0.1, -0.05) is 39.5 Å². The Morgan fingerprint density at radius 2 is 1.14 bits per heavy atom. The fraction of sp³-hybridized carbons (Fsp3) is 1.00. The second-order valence-corrected chi connectivity index (χ2v) is 7.78. The van der Waals surface area contributed by atoms with E-state index in [0.717, 1.165) is 38.5 Å². The predicted octanol–water partition coefficient (Wildman–Crippen LogP) is 4.20. The first-order valence-electron chi connectivity index (χ1n) is 8.67. The molecule has 2 saturated carbocycles. The highest BCUT2D eigenvalue weighted by atomic mass is 32.3. The molecular formula is C16H30O4S. The van der Waals surface area contributed by atoms with E-state index in [-0.39, 0.29) is 12.2 Å². The van der Waals surface area contributed by atoms with Crippen molar-refractivity contribution in [3.05, 3.63) is 0 Å². The van der Waals surface area contributed by atoms with E-state index in [4.69, 9.17) is 8.37 Å². The monoisotopic (exact) mass is 318 g/mol. The molecule has 2 fully saturated rings. The van der Waals surface area contributed by atoms with Crippen molar-refractivity contribution in [1.82, 2.24) is 0 Å². The summed E-state index contributed by atoms with van der Waals surface area (Å²) >= 11 is 0. The van der Waals surface area contributed by atoms with Gasteiger partial charge < -0.3 is 0 Å². The first-order chi connectivity index (χ1) is 10.1. The Bertz CT molecular complexity index is 363. The molecule has 0 aromatic carbocycles. The molecule has 2 aliphatic carbocycles. The van der Waals surface area contributed by atoms with Crippen LogP contribution in [0, 0.1) is 11.8 Å². The molecule has 2 rings (SSSR count). The fourth-order valence-electron chi connectivity index (χ4n) is 3.94. The molecule has 5 heteroatoms. The van der Waals surface area contributed by atoms with Gasteiger partial charge in [0.25, 0.3) is 0 Å². The molecule has 2 aliphatic rings. The molecule has 0 amide bonds. The molecule has 0 bridgehead atoms. The first kappa shape index (κ1) is 17.2. The second kappa shape index (κ2) is 7.93. The van der Waals surface area contributed by atoms with Crippen molar-refractivity contribution in [1.29, 1.82) is 0 Å². The Labute approximate surface area is 129 Å². The van der Waals surface area contributed by atoms with Crippen LogP contribution < -0.4 is 0 Å². The third kappa shape index (κ3) is 4.93. The minimum absolute atomic E-state index is 0.210. The smallest absolute Gasteiger partial charge is 0.245 e. The van der Waals surface area contributed by atoms with Crippen LogP contribution in [0.2, 0.25) is 0 Å². The van der Waals surface area contributed by atoms with E-state index in [1.54, 1.807) is 0 Å². The highest BCUT2D eigenvalue weighted by Crippen LogP contribution is 2.34. The van der Waals surface area contributed by atoms with E-state index >= 15 is 0 Å². The topological polar surface area (TPSA) is 52.6 Å². The average Bonchev–Trinajstić information content (AvgIpc) is 3.14. The molecule has 2 atom stereocenters. The zero-order chi connectivity index (χ0) is 15.3. The third-order valence-electron chi connectivity index (χ3n) is 5.14. The molecule has 4 nitrogen and oxygen atoms in total. The number of rotatable bonds is 8. The quantitative estimate of drug-likeness (QED) is 0.673. The largest absolute Gasteiger partial charge is 0.400 e. The summed E-state index contributed by atoms with van der Waals surface area (Å²) in [6.45, 7) is 3.99. The summed E-state index contributed by atoms with van der Waals surface area (Å²) in [6.07, 6.45) is 10.1. The summed E-state index contributed by atoms with van der Waals surface area (Å²) in [4.78, 5) is 0. The summed E-state index contributed by atoms with van der Waals surface area (Å²) in [5.41, 5.74) is 0. The second-order valence-electron chi connectivity index (χ2n) is 6.58. The van der Waals surface area contributed by atoms with E-state index in [1.807, 2.05) is 13.8 Å². The van der Waals surface area contributed by atoms with E-state index in [1.165, 1.54) is 25.7 Å². The van der Waals surface area contributed by atoms with Crippen LogP contribution in [0.1, 0.15) is 78.1 Å². The molecule has 0 N–H and O–H groups in total. The molecule has 0 aliphatic heterocycles. The summed E-state index contributed by atoms with van der Waals surface area (Å²) in [5, 5.41) is 0. The zero-order valence-electron chi connectivity index (χ0n) is 13.4. The van der Waals surface area contributed by atoms with Crippen LogP contribution in [0.5, 0.6) is 0 Å². The summed E-state index contributed by atoms with van der Waals surface area (Å²) in [6, 6.07) is 0. The molecule has 21 heavy (non-hydrogen) atoms. The van der Waals surface area contributed by atoms with Crippen molar-refractivity contribution in [3.63, 3.8) is 0 Å². The van der Waals surface area contributed by atoms with Crippen LogP contribution in [0.4, 0.5) is 0 Å². The van der Waals surface area contributed by atoms with Crippen LogP contribution in [-0.2, 0) is 18.8 Å². The maximum absolute atomic E-state index is 12.2. The molecule has 0 aromatic heterocycles. The van der Waals surface area contributed by atoms with Crippen molar-refractivity contribution < 1.29 is 16.8 Å².